The smallest absolute Gasteiger partial charge is 0.339 e. The van der Waals surface area contributed by atoms with Crippen molar-refractivity contribution in [3.8, 4) is 5.75 Å². The van der Waals surface area contributed by atoms with Crippen molar-refractivity contribution in [3.63, 3.8) is 0 Å². The number of rotatable bonds is 5. The van der Waals surface area contributed by atoms with E-state index in [4.69, 9.17) is 14.6 Å². The van der Waals surface area contributed by atoms with Gasteiger partial charge < -0.3 is 14.6 Å². The monoisotopic (exact) mass is 210 g/mol. The zero-order chi connectivity index (χ0) is 11.3. The van der Waals surface area contributed by atoms with Crippen molar-refractivity contribution in [3.05, 3.63) is 29.8 Å². The molecule has 1 rings (SSSR count). The summed E-state index contributed by atoms with van der Waals surface area (Å²) in [5.41, 5.74) is 0.167. The van der Waals surface area contributed by atoms with Crippen LogP contribution in [0.4, 0.5) is 0 Å². The van der Waals surface area contributed by atoms with E-state index in [0.29, 0.717) is 12.4 Å². The number of carboxylic acid groups (broad SMARTS) is 1. The molecule has 0 saturated carbocycles. The van der Waals surface area contributed by atoms with E-state index in [9.17, 15) is 4.79 Å². The van der Waals surface area contributed by atoms with Crippen molar-refractivity contribution in [1.82, 2.24) is 0 Å². The fraction of sp³-hybridized carbons (Fsp3) is 0.364. The quantitative estimate of drug-likeness (QED) is 0.805. The number of carbonyl (C=O) groups is 1. The molecule has 4 heteroatoms. The van der Waals surface area contributed by atoms with Gasteiger partial charge in [-0.2, -0.15) is 0 Å². The number of benzene rings is 1. The van der Waals surface area contributed by atoms with Gasteiger partial charge in [0.15, 0.2) is 0 Å². The second kappa shape index (κ2) is 5.36. The predicted octanol–water partition coefficient (Wildman–Crippen LogP) is 1.80. The maximum Gasteiger partial charge on any atom is 0.339 e. The Kier molecular flexibility index (Phi) is 4.12. The molecule has 15 heavy (non-hydrogen) atoms. The first-order chi connectivity index (χ1) is 7.15. The van der Waals surface area contributed by atoms with E-state index in [1.165, 1.54) is 6.07 Å². The van der Waals surface area contributed by atoms with Gasteiger partial charge in [0.05, 0.1) is 6.61 Å². The van der Waals surface area contributed by atoms with Crippen molar-refractivity contribution in [2.24, 2.45) is 0 Å². The number of hydrogen-bond donors (Lipinski definition) is 1. The Morgan fingerprint density at radius 3 is 2.73 bits per heavy atom. The zero-order valence-electron chi connectivity index (χ0n) is 8.77. The van der Waals surface area contributed by atoms with E-state index >= 15 is 0 Å². The number of para-hydroxylation sites is 1. The van der Waals surface area contributed by atoms with E-state index < -0.39 is 5.97 Å². The van der Waals surface area contributed by atoms with Gasteiger partial charge in [-0.05, 0) is 19.1 Å². The summed E-state index contributed by atoms with van der Waals surface area (Å²) < 4.78 is 10.3. The van der Waals surface area contributed by atoms with Crippen LogP contribution in [-0.2, 0) is 4.74 Å². The number of hydrogen-bond acceptors (Lipinski definition) is 3. The first-order valence-corrected chi connectivity index (χ1v) is 4.63. The fourth-order valence-electron chi connectivity index (χ4n) is 1.23. The van der Waals surface area contributed by atoms with Gasteiger partial charge in [-0.1, -0.05) is 12.1 Å². The summed E-state index contributed by atoms with van der Waals surface area (Å²) in [7, 11) is 1.57. The molecular formula is C11H14O4. The lowest BCUT2D eigenvalue weighted by molar-refractivity contribution is 0.0674. The van der Waals surface area contributed by atoms with E-state index in [1.54, 1.807) is 25.3 Å². The molecule has 0 saturated heterocycles. The molecule has 0 spiro atoms. The molecule has 1 aromatic carbocycles. The molecule has 82 valence electrons. The molecule has 1 aromatic rings. The van der Waals surface area contributed by atoms with Crippen LogP contribution in [0.15, 0.2) is 24.3 Å². The molecule has 0 aliphatic carbocycles. The summed E-state index contributed by atoms with van der Waals surface area (Å²) in [6, 6.07) is 6.55. The number of methoxy groups -OCH3 is 1. The van der Waals surface area contributed by atoms with Crippen molar-refractivity contribution in [2.45, 2.75) is 13.0 Å². The molecule has 0 radical (unpaired) electrons. The Hall–Kier alpha value is -1.55. The summed E-state index contributed by atoms with van der Waals surface area (Å²) >= 11 is 0. The summed E-state index contributed by atoms with van der Waals surface area (Å²) in [6.07, 6.45) is -0.171. The minimum Gasteiger partial charge on any atom is -0.487 e. The second-order valence-corrected chi connectivity index (χ2v) is 3.19. The molecule has 0 amide bonds. The molecule has 0 fully saturated rings. The highest BCUT2D eigenvalue weighted by molar-refractivity contribution is 5.90. The Bertz CT molecular complexity index is 335. The highest BCUT2D eigenvalue weighted by Gasteiger charge is 2.12. The van der Waals surface area contributed by atoms with Gasteiger partial charge in [0, 0.05) is 7.11 Å². The highest BCUT2D eigenvalue weighted by atomic mass is 16.5. The lowest BCUT2D eigenvalue weighted by Crippen LogP contribution is -2.19. The third-order valence-electron chi connectivity index (χ3n) is 1.85. The van der Waals surface area contributed by atoms with Crippen molar-refractivity contribution in [1.29, 1.82) is 0 Å². The topological polar surface area (TPSA) is 55.8 Å². The molecule has 4 nitrogen and oxygen atoms in total. The van der Waals surface area contributed by atoms with Gasteiger partial charge in [0.2, 0.25) is 0 Å². The molecule has 1 N–H and O–H groups in total. The molecule has 0 heterocycles. The molecule has 0 aliphatic rings. The van der Waals surface area contributed by atoms with Crippen molar-refractivity contribution < 1.29 is 19.4 Å². The molecule has 1 atom stereocenters. The second-order valence-electron chi connectivity index (χ2n) is 3.19. The summed E-state index contributed by atoms with van der Waals surface area (Å²) in [5, 5.41) is 8.90. The lowest BCUT2D eigenvalue weighted by atomic mass is 10.2. The molecule has 0 aromatic heterocycles. The summed E-state index contributed by atoms with van der Waals surface area (Å²) in [6.45, 7) is 2.25. The van der Waals surface area contributed by atoms with Gasteiger partial charge in [-0.3, -0.25) is 0 Å². The Morgan fingerprint density at radius 1 is 1.47 bits per heavy atom. The average molecular weight is 210 g/mol. The molecule has 1 unspecified atom stereocenters. The van der Waals surface area contributed by atoms with Crippen LogP contribution in [0.2, 0.25) is 0 Å². The Balaban J connectivity index is 2.79. The van der Waals surface area contributed by atoms with E-state index in [-0.39, 0.29) is 11.7 Å². The lowest BCUT2D eigenvalue weighted by Gasteiger charge is -2.15. The van der Waals surface area contributed by atoms with Crippen LogP contribution in [0.25, 0.3) is 0 Å². The standard InChI is InChI=1S/C11H14O4/c1-8(7-14-2)15-10-6-4-3-5-9(10)11(12)13/h3-6,8H,7H2,1-2H3,(H,12,13). The van der Waals surface area contributed by atoms with E-state index in [0.717, 1.165) is 0 Å². The van der Waals surface area contributed by atoms with Crippen molar-refractivity contribution in [2.75, 3.05) is 13.7 Å². The van der Waals surface area contributed by atoms with E-state index in [1.807, 2.05) is 6.92 Å². The Morgan fingerprint density at radius 2 is 2.13 bits per heavy atom. The summed E-state index contributed by atoms with van der Waals surface area (Å²) in [4.78, 5) is 10.8. The zero-order valence-corrected chi connectivity index (χ0v) is 8.77. The molecule has 0 aliphatic heterocycles. The first kappa shape index (κ1) is 11.5. The SMILES string of the molecule is COCC(C)Oc1ccccc1C(=O)O. The predicted molar refractivity (Wildman–Crippen MR) is 55.4 cm³/mol. The Labute approximate surface area is 88.4 Å². The van der Waals surface area contributed by atoms with Crippen LogP contribution in [0.5, 0.6) is 5.75 Å². The maximum atomic E-state index is 10.8. The molecular weight excluding hydrogens is 196 g/mol. The van der Waals surface area contributed by atoms with Gasteiger partial charge in [0.25, 0.3) is 0 Å². The summed E-state index contributed by atoms with van der Waals surface area (Å²) in [5.74, 6) is -0.621. The van der Waals surface area contributed by atoms with Crippen LogP contribution in [-0.4, -0.2) is 30.9 Å². The van der Waals surface area contributed by atoms with Gasteiger partial charge in [-0.15, -0.1) is 0 Å². The maximum absolute atomic E-state index is 10.8. The fourth-order valence-corrected chi connectivity index (χ4v) is 1.23. The van der Waals surface area contributed by atoms with Crippen LogP contribution in [0.3, 0.4) is 0 Å². The van der Waals surface area contributed by atoms with Crippen LogP contribution in [0.1, 0.15) is 17.3 Å². The van der Waals surface area contributed by atoms with Crippen LogP contribution >= 0.6 is 0 Å². The average Bonchev–Trinajstić information content (AvgIpc) is 2.18. The van der Waals surface area contributed by atoms with Gasteiger partial charge >= 0.3 is 5.97 Å². The number of aromatic carboxylic acids is 1. The van der Waals surface area contributed by atoms with Crippen molar-refractivity contribution >= 4 is 5.97 Å². The largest absolute Gasteiger partial charge is 0.487 e. The van der Waals surface area contributed by atoms with E-state index in [2.05, 4.69) is 0 Å². The minimum absolute atomic E-state index is 0.167. The van der Waals surface area contributed by atoms with Gasteiger partial charge in [0.1, 0.15) is 17.4 Å². The number of ether oxygens (including phenoxy) is 2. The third-order valence-corrected chi connectivity index (χ3v) is 1.85. The third kappa shape index (κ3) is 3.25. The highest BCUT2D eigenvalue weighted by Crippen LogP contribution is 2.19. The van der Waals surface area contributed by atoms with Crippen LogP contribution < -0.4 is 4.74 Å². The minimum atomic E-state index is -0.991. The normalized spacial score (nSPS) is 12.1. The first-order valence-electron chi connectivity index (χ1n) is 4.63. The van der Waals surface area contributed by atoms with Crippen LogP contribution in [0, 0.1) is 0 Å². The molecule has 0 bridgehead atoms. The number of carboxylic acids is 1. The van der Waals surface area contributed by atoms with Gasteiger partial charge in [-0.25, -0.2) is 4.79 Å².